The lowest BCUT2D eigenvalue weighted by Crippen LogP contribution is -2.26. The number of sulfonamides is 1. The molecule has 154 valence electrons. The Morgan fingerprint density at radius 1 is 0.900 bits per heavy atom. The summed E-state index contributed by atoms with van der Waals surface area (Å²) in [6.07, 6.45) is 1.73. The summed E-state index contributed by atoms with van der Waals surface area (Å²) in [6, 6.07) is 25.7. The molecule has 1 aliphatic rings. The smallest absolute Gasteiger partial charge is 0.242 e. The maximum atomic E-state index is 13.2. The minimum atomic E-state index is -3.58. The molecule has 0 radical (unpaired) electrons. The second-order valence-corrected chi connectivity index (χ2v) is 10.0. The van der Waals surface area contributed by atoms with E-state index in [0.29, 0.717) is 5.69 Å². The first-order valence-electron chi connectivity index (χ1n) is 9.71. The molecule has 3 aromatic rings. The van der Waals surface area contributed by atoms with Crippen molar-refractivity contribution in [2.75, 3.05) is 5.32 Å². The third-order valence-corrected chi connectivity index (χ3v) is 7.43. The van der Waals surface area contributed by atoms with Crippen molar-refractivity contribution in [2.24, 2.45) is 0 Å². The topological polar surface area (TPSA) is 75.3 Å². The van der Waals surface area contributed by atoms with Crippen molar-refractivity contribution in [2.45, 2.75) is 33.9 Å². The molecule has 0 aromatic heterocycles. The minimum absolute atomic E-state index is 0.0259. The Morgan fingerprint density at radius 2 is 1.57 bits per heavy atom. The predicted molar refractivity (Wildman–Crippen MR) is 120 cm³/mol. The van der Waals surface area contributed by atoms with Gasteiger partial charge >= 0.3 is 0 Å². The number of nitrogens with one attached hydrogen (secondary N) is 2. The van der Waals surface area contributed by atoms with Crippen LogP contribution in [0.25, 0.3) is 0 Å². The predicted octanol–water partition coefficient (Wildman–Crippen LogP) is 4.60. The summed E-state index contributed by atoms with van der Waals surface area (Å²) >= 11 is 1.45. The van der Waals surface area contributed by atoms with Gasteiger partial charge < -0.3 is 5.32 Å². The molecule has 7 heteroatoms. The van der Waals surface area contributed by atoms with Gasteiger partial charge in [0.25, 0.3) is 0 Å². The van der Waals surface area contributed by atoms with Gasteiger partial charge in [0.05, 0.1) is 4.90 Å². The summed E-state index contributed by atoms with van der Waals surface area (Å²) in [6.45, 7) is 0. The largest absolute Gasteiger partial charge is 0.325 e. The zero-order valence-electron chi connectivity index (χ0n) is 16.2. The maximum absolute atomic E-state index is 13.2. The summed E-state index contributed by atoms with van der Waals surface area (Å²) in [5.74, 6) is -0.209. The molecule has 1 unspecified atom stereocenters. The van der Waals surface area contributed by atoms with E-state index in [1.807, 2.05) is 60.7 Å². The molecule has 1 amide bonds. The van der Waals surface area contributed by atoms with Gasteiger partial charge in [-0.1, -0.05) is 54.6 Å². The Labute approximate surface area is 181 Å². The lowest BCUT2D eigenvalue weighted by molar-refractivity contribution is -0.115. The van der Waals surface area contributed by atoms with Crippen molar-refractivity contribution in [3.05, 3.63) is 90.5 Å². The monoisotopic (exact) mass is 438 g/mol. The molecule has 1 saturated carbocycles. The van der Waals surface area contributed by atoms with Crippen LogP contribution < -0.4 is 10.0 Å². The highest BCUT2D eigenvalue weighted by Crippen LogP contribution is 2.36. The van der Waals surface area contributed by atoms with E-state index in [2.05, 4.69) is 10.0 Å². The first-order chi connectivity index (χ1) is 14.5. The summed E-state index contributed by atoms with van der Waals surface area (Å²) in [4.78, 5) is 14.3. The number of amides is 1. The number of carbonyl (C=O) groups excluding carboxylic acids is 1. The molecule has 1 aliphatic carbocycles. The van der Waals surface area contributed by atoms with Crippen LogP contribution in [0.3, 0.4) is 0 Å². The van der Waals surface area contributed by atoms with E-state index in [9.17, 15) is 13.2 Å². The van der Waals surface area contributed by atoms with Crippen LogP contribution in [0, 0.1) is 0 Å². The molecule has 0 saturated heterocycles. The van der Waals surface area contributed by atoms with E-state index in [-0.39, 0.29) is 16.8 Å². The van der Waals surface area contributed by atoms with Crippen LogP contribution in [0.2, 0.25) is 0 Å². The Hall–Kier alpha value is -2.61. The van der Waals surface area contributed by atoms with Crippen molar-refractivity contribution in [1.82, 2.24) is 4.72 Å². The van der Waals surface area contributed by atoms with E-state index in [1.54, 1.807) is 12.1 Å². The van der Waals surface area contributed by atoms with Gasteiger partial charge in [-0.3, -0.25) is 4.79 Å². The van der Waals surface area contributed by atoms with Crippen LogP contribution in [0.1, 0.15) is 23.7 Å². The van der Waals surface area contributed by atoms with Gasteiger partial charge in [-0.05, 0) is 48.7 Å². The maximum Gasteiger partial charge on any atom is 0.242 e. The highest BCUT2D eigenvalue weighted by atomic mass is 32.2. The first kappa shape index (κ1) is 20.7. The fourth-order valence-corrected chi connectivity index (χ4v) is 5.37. The number of carbonyl (C=O) groups is 1. The Balaban J connectivity index is 1.56. The van der Waals surface area contributed by atoms with E-state index in [4.69, 9.17) is 0 Å². The van der Waals surface area contributed by atoms with Gasteiger partial charge in [0.1, 0.15) is 5.25 Å². The summed E-state index contributed by atoms with van der Waals surface area (Å²) in [7, 11) is -3.58. The SMILES string of the molecule is O=C(Nc1cccc(S(=O)(=O)NC2CC2)c1)C(Sc1ccccc1)c1ccccc1. The quantitative estimate of drug-likeness (QED) is 0.504. The highest BCUT2D eigenvalue weighted by molar-refractivity contribution is 8.00. The Bertz CT molecular complexity index is 1120. The second-order valence-electron chi connectivity index (χ2n) is 7.13. The van der Waals surface area contributed by atoms with Crippen molar-refractivity contribution in [3.8, 4) is 0 Å². The molecule has 0 spiro atoms. The van der Waals surface area contributed by atoms with Gasteiger partial charge in [-0.2, -0.15) is 0 Å². The van der Waals surface area contributed by atoms with Crippen LogP contribution in [0.4, 0.5) is 5.69 Å². The van der Waals surface area contributed by atoms with E-state index in [1.165, 1.54) is 23.9 Å². The number of anilines is 1. The molecule has 5 nitrogen and oxygen atoms in total. The third-order valence-electron chi connectivity index (χ3n) is 4.65. The normalized spacial score (nSPS) is 14.8. The highest BCUT2D eigenvalue weighted by Gasteiger charge is 2.28. The van der Waals surface area contributed by atoms with Gasteiger partial charge in [0.2, 0.25) is 15.9 Å². The molecule has 4 rings (SSSR count). The number of hydrogen-bond acceptors (Lipinski definition) is 4. The lowest BCUT2D eigenvalue weighted by atomic mass is 10.1. The minimum Gasteiger partial charge on any atom is -0.325 e. The van der Waals surface area contributed by atoms with Crippen LogP contribution >= 0.6 is 11.8 Å². The lowest BCUT2D eigenvalue weighted by Gasteiger charge is -2.17. The number of thioether (sulfide) groups is 1. The number of benzene rings is 3. The van der Waals surface area contributed by atoms with Crippen molar-refractivity contribution >= 4 is 33.4 Å². The van der Waals surface area contributed by atoms with E-state index >= 15 is 0 Å². The van der Waals surface area contributed by atoms with Gasteiger partial charge in [0.15, 0.2) is 0 Å². The molecule has 1 fully saturated rings. The Morgan fingerprint density at radius 3 is 2.23 bits per heavy atom. The molecular weight excluding hydrogens is 416 g/mol. The molecule has 2 N–H and O–H groups in total. The third kappa shape index (κ3) is 5.30. The van der Waals surface area contributed by atoms with Gasteiger partial charge in [-0.15, -0.1) is 11.8 Å². The standard InChI is InChI=1S/C23H22N2O3S2/c26-23(22(17-8-3-1-4-9-17)29-20-11-5-2-6-12-20)24-19-10-7-13-21(16-19)30(27,28)25-18-14-15-18/h1-13,16,18,22,25H,14-15H2,(H,24,26). The van der Waals surface area contributed by atoms with Crippen molar-refractivity contribution in [3.63, 3.8) is 0 Å². The fourth-order valence-electron chi connectivity index (χ4n) is 2.97. The van der Waals surface area contributed by atoms with Crippen molar-refractivity contribution in [1.29, 1.82) is 0 Å². The first-order valence-corrected chi connectivity index (χ1v) is 12.1. The van der Waals surface area contributed by atoms with Gasteiger partial charge in [0, 0.05) is 16.6 Å². The van der Waals surface area contributed by atoms with Crippen LogP contribution in [0.15, 0.2) is 94.7 Å². The van der Waals surface area contributed by atoms with Crippen LogP contribution in [0.5, 0.6) is 0 Å². The van der Waals surface area contributed by atoms with Crippen LogP contribution in [-0.2, 0) is 14.8 Å². The molecular formula is C23H22N2O3S2. The molecule has 3 aromatic carbocycles. The van der Waals surface area contributed by atoms with Crippen molar-refractivity contribution < 1.29 is 13.2 Å². The van der Waals surface area contributed by atoms with Gasteiger partial charge in [-0.25, -0.2) is 13.1 Å². The zero-order chi connectivity index (χ0) is 21.0. The summed E-state index contributed by atoms with van der Waals surface area (Å²) in [5.41, 5.74) is 1.33. The molecule has 0 aliphatic heterocycles. The second kappa shape index (κ2) is 9.04. The number of hydrogen-bond donors (Lipinski definition) is 2. The molecule has 0 bridgehead atoms. The Kier molecular flexibility index (Phi) is 6.22. The summed E-state index contributed by atoms with van der Waals surface area (Å²) in [5, 5.41) is 2.42. The van der Waals surface area contributed by atoms with Crippen LogP contribution in [-0.4, -0.2) is 20.4 Å². The molecule has 0 heterocycles. The fraction of sp³-hybridized carbons (Fsp3) is 0.174. The zero-order valence-corrected chi connectivity index (χ0v) is 17.8. The summed E-state index contributed by atoms with van der Waals surface area (Å²) < 4.78 is 27.6. The average Bonchev–Trinajstić information content (AvgIpc) is 3.57. The van der Waals surface area contributed by atoms with E-state index in [0.717, 1.165) is 23.3 Å². The average molecular weight is 439 g/mol. The number of rotatable bonds is 8. The molecule has 30 heavy (non-hydrogen) atoms. The van der Waals surface area contributed by atoms with E-state index < -0.39 is 15.3 Å². The molecule has 1 atom stereocenters.